The second-order valence-corrected chi connectivity index (χ2v) is 6.96. The molecule has 1 amide bonds. The van der Waals surface area contributed by atoms with E-state index in [4.69, 9.17) is 5.73 Å². The fourth-order valence-electron chi connectivity index (χ4n) is 2.91. The maximum Gasteiger partial charge on any atom is 0.324 e. The highest BCUT2D eigenvalue weighted by Crippen LogP contribution is 2.32. The van der Waals surface area contributed by atoms with Crippen LogP contribution in [0, 0.1) is 0 Å². The number of primary amides is 1. The molecule has 3 aromatic rings. The Morgan fingerprint density at radius 2 is 2.12 bits per heavy atom. The maximum atomic E-state index is 12.9. The summed E-state index contributed by atoms with van der Waals surface area (Å²) in [5.41, 5.74) is 7.71. The van der Waals surface area contributed by atoms with Crippen LogP contribution in [0.4, 0.5) is 13.6 Å². The summed E-state index contributed by atoms with van der Waals surface area (Å²) in [6.45, 7) is 0.191. The van der Waals surface area contributed by atoms with Crippen LogP contribution in [0.1, 0.15) is 4.88 Å². The average molecular weight is 348 g/mol. The zero-order valence-electron chi connectivity index (χ0n) is 12.6. The van der Waals surface area contributed by atoms with Crippen molar-refractivity contribution in [2.24, 2.45) is 5.73 Å². The summed E-state index contributed by atoms with van der Waals surface area (Å²) in [5, 5.41) is 2.81. The van der Waals surface area contributed by atoms with Gasteiger partial charge in [-0.15, -0.1) is 11.3 Å². The van der Waals surface area contributed by atoms with Crippen LogP contribution in [-0.2, 0) is 6.54 Å². The van der Waals surface area contributed by atoms with Gasteiger partial charge in [0.1, 0.15) is 5.65 Å². The van der Waals surface area contributed by atoms with E-state index >= 15 is 0 Å². The van der Waals surface area contributed by atoms with Gasteiger partial charge in [0.05, 0.1) is 13.1 Å². The molecular formula is C16H14F2N4OS. The number of aromatic nitrogens is 2. The molecule has 124 valence electrons. The van der Waals surface area contributed by atoms with Crippen LogP contribution >= 0.6 is 11.3 Å². The second-order valence-electron chi connectivity index (χ2n) is 5.96. The lowest BCUT2D eigenvalue weighted by atomic mass is 10.1. The van der Waals surface area contributed by atoms with Gasteiger partial charge in [0, 0.05) is 34.8 Å². The number of rotatable bonds is 3. The molecule has 2 N–H and O–H groups in total. The van der Waals surface area contributed by atoms with Gasteiger partial charge >= 0.3 is 6.03 Å². The van der Waals surface area contributed by atoms with Crippen molar-refractivity contribution in [2.75, 3.05) is 13.1 Å². The normalized spacial score (nSPS) is 17.1. The molecule has 3 aromatic heterocycles. The number of nitrogens with zero attached hydrogens (tertiary/aromatic N) is 3. The summed E-state index contributed by atoms with van der Waals surface area (Å²) >= 11 is 1.54. The molecule has 1 saturated heterocycles. The number of amides is 1. The lowest BCUT2D eigenvalue weighted by Crippen LogP contribution is -2.55. The van der Waals surface area contributed by atoms with Gasteiger partial charge in [-0.05, 0) is 29.1 Å². The molecule has 0 aromatic carbocycles. The number of alkyl halides is 2. The van der Waals surface area contributed by atoms with Crippen molar-refractivity contribution in [3.8, 4) is 11.1 Å². The molecule has 0 unspecified atom stereocenters. The zero-order chi connectivity index (χ0) is 16.9. The summed E-state index contributed by atoms with van der Waals surface area (Å²) in [6.07, 6.45) is 3.28. The second kappa shape index (κ2) is 5.35. The Morgan fingerprint density at radius 3 is 2.83 bits per heavy atom. The number of carbonyl (C=O) groups excluding carboxylic acids is 1. The SMILES string of the molecule is NC(=O)n1ccc2cc(-c3csc(CN4CC(F)(F)C4)c3)cnc21. The molecule has 5 nitrogen and oxygen atoms in total. The molecule has 0 radical (unpaired) electrons. The minimum absolute atomic E-state index is 0.172. The van der Waals surface area contributed by atoms with Crippen molar-refractivity contribution in [3.63, 3.8) is 0 Å². The minimum Gasteiger partial charge on any atom is -0.351 e. The van der Waals surface area contributed by atoms with E-state index in [0.717, 1.165) is 21.4 Å². The number of fused-ring (bicyclic) bond motifs is 1. The maximum absolute atomic E-state index is 12.9. The Hall–Kier alpha value is -2.32. The van der Waals surface area contributed by atoms with Crippen LogP contribution in [0.25, 0.3) is 22.2 Å². The number of hydrogen-bond acceptors (Lipinski definition) is 4. The van der Waals surface area contributed by atoms with Crippen molar-refractivity contribution in [1.29, 1.82) is 0 Å². The number of carbonyl (C=O) groups is 1. The first-order chi connectivity index (χ1) is 11.4. The predicted octanol–water partition coefficient (Wildman–Crippen LogP) is 3.14. The van der Waals surface area contributed by atoms with Gasteiger partial charge in [0.25, 0.3) is 5.92 Å². The monoisotopic (exact) mass is 348 g/mol. The van der Waals surface area contributed by atoms with Gasteiger partial charge in [-0.1, -0.05) is 0 Å². The number of thiophene rings is 1. The van der Waals surface area contributed by atoms with Crippen LogP contribution in [0.3, 0.4) is 0 Å². The molecule has 4 heterocycles. The molecule has 24 heavy (non-hydrogen) atoms. The highest BCUT2D eigenvalue weighted by molar-refractivity contribution is 7.10. The number of halogens is 2. The van der Waals surface area contributed by atoms with Crippen LogP contribution in [0.15, 0.2) is 36.0 Å². The Balaban J connectivity index is 1.56. The van der Waals surface area contributed by atoms with Gasteiger partial charge in [0.2, 0.25) is 0 Å². The number of nitrogens with two attached hydrogens (primary N) is 1. The zero-order valence-corrected chi connectivity index (χ0v) is 13.4. The number of pyridine rings is 1. The molecule has 0 atom stereocenters. The van der Waals surface area contributed by atoms with Crippen LogP contribution in [0.5, 0.6) is 0 Å². The minimum atomic E-state index is -2.54. The third kappa shape index (κ3) is 2.67. The first-order valence-electron chi connectivity index (χ1n) is 7.36. The highest BCUT2D eigenvalue weighted by atomic mass is 32.1. The lowest BCUT2D eigenvalue weighted by Gasteiger charge is -2.38. The molecular weight excluding hydrogens is 334 g/mol. The lowest BCUT2D eigenvalue weighted by molar-refractivity contribution is -0.133. The largest absolute Gasteiger partial charge is 0.351 e. The molecule has 1 aliphatic heterocycles. The van der Waals surface area contributed by atoms with E-state index in [1.165, 1.54) is 4.57 Å². The molecule has 1 fully saturated rings. The van der Waals surface area contributed by atoms with Crippen molar-refractivity contribution in [1.82, 2.24) is 14.5 Å². The molecule has 0 spiro atoms. The fourth-order valence-corrected chi connectivity index (χ4v) is 3.85. The van der Waals surface area contributed by atoms with Gasteiger partial charge in [-0.25, -0.2) is 18.6 Å². The third-order valence-corrected chi connectivity index (χ3v) is 4.96. The summed E-state index contributed by atoms with van der Waals surface area (Å²) in [4.78, 5) is 18.4. The van der Waals surface area contributed by atoms with Crippen molar-refractivity contribution in [2.45, 2.75) is 12.5 Å². The smallest absolute Gasteiger partial charge is 0.324 e. The molecule has 0 bridgehead atoms. The van der Waals surface area contributed by atoms with E-state index in [1.807, 2.05) is 17.5 Å². The van der Waals surface area contributed by atoms with Gasteiger partial charge in [-0.3, -0.25) is 9.47 Å². The Kier molecular flexibility index (Phi) is 3.40. The molecule has 0 saturated carbocycles. The fraction of sp³-hybridized carbons (Fsp3) is 0.250. The molecule has 1 aliphatic rings. The molecule has 8 heteroatoms. The summed E-state index contributed by atoms with van der Waals surface area (Å²) in [7, 11) is 0. The Labute approximate surface area is 140 Å². The summed E-state index contributed by atoms with van der Waals surface area (Å²) in [5.74, 6) is -2.54. The van der Waals surface area contributed by atoms with E-state index in [-0.39, 0.29) is 13.1 Å². The van der Waals surface area contributed by atoms with Crippen LogP contribution in [-0.4, -0.2) is 39.5 Å². The van der Waals surface area contributed by atoms with E-state index < -0.39 is 12.0 Å². The van der Waals surface area contributed by atoms with Crippen molar-refractivity contribution < 1.29 is 13.6 Å². The molecule has 4 rings (SSSR count). The first kappa shape index (κ1) is 15.2. The summed E-state index contributed by atoms with van der Waals surface area (Å²) < 4.78 is 27.1. The standard InChI is InChI=1S/C16H14F2N4OS/c17-16(18)8-21(9-16)6-13-4-12(7-24-13)11-3-10-1-2-22(15(19)23)14(10)20-5-11/h1-5,7H,6,8-9H2,(H2,19,23). The third-order valence-electron chi connectivity index (χ3n) is 4.04. The van der Waals surface area contributed by atoms with E-state index in [2.05, 4.69) is 4.98 Å². The number of hydrogen-bond donors (Lipinski definition) is 1. The van der Waals surface area contributed by atoms with Gasteiger partial charge < -0.3 is 5.73 Å². The Bertz CT molecular complexity index is 925. The van der Waals surface area contributed by atoms with Crippen LogP contribution < -0.4 is 5.73 Å². The van der Waals surface area contributed by atoms with Crippen molar-refractivity contribution >= 4 is 28.4 Å². The van der Waals surface area contributed by atoms with E-state index in [0.29, 0.717) is 12.2 Å². The van der Waals surface area contributed by atoms with E-state index in [9.17, 15) is 13.6 Å². The van der Waals surface area contributed by atoms with Gasteiger partial charge in [0.15, 0.2) is 0 Å². The van der Waals surface area contributed by atoms with Crippen molar-refractivity contribution in [3.05, 3.63) is 40.8 Å². The molecule has 0 aliphatic carbocycles. The highest BCUT2D eigenvalue weighted by Gasteiger charge is 2.43. The predicted molar refractivity (Wildman–Crippen MR) is 88.3 cm³/mol. The first-order valence-corrected chi connectivity index (χ1v) is 8.24. The van der Waals surface area contributed by atoms with Crippen LogP contribution in [0.2, 0.25) is 0 Å². The van der Waals surface area contributed by atoms with Gasteiger partial charge in [-0.2, -0.15) is 0 Å². The average Bonchev–Trinajstić information content (AvgIpc) is 3.10. The summed E-state index contributed by atoms with van der Waals surface area (Å²) in [6, 6.07) is 5.14. The van der Waals surface area contributed by atoms with E-state index in [1.54, 1.807) is 34.7 Å². The Morgan fingerprint density at radius 1 is 1.33 bits per heavy atom. The topological polar surface area (TPSA) is 64.2 Å². The quantitative estimate of drug-likeness (QED) is 0.791. The number of likely N-dealkylation sites (tertiary alicyclic amines) is 1.